The fourth-order valence-electron chi connectivity index (χ4n) is 3.75. The van der Waals surface area contributed by atoms with Gasteiger partial charge in [-0.1, -0.05) is 17.7 Å². The number of amides is 1. The minimum absolute atomic E-state index is 0.0303. The van der Waals surface area contributed by atoms with Gasteiger partial charge in [-0.3, -0.25) is 9.59 Å². The summed E-state index contributed by atoms with van der Waals surface area (Å²) in [6, 6.07) is 3.90. The first-order chi connectivity index (χ1) is 10.5. The number of nitrogens with one attached hydrogen (secondary N) is 1. The number of halogens is 2. The van der Waals surface area contributed by atoms with E-state index >= 15 is 0 Å². The summed E-state index contributed by atoms with van der Waals surface area (Å²) in [4.78, 5) is 24.3. The lowest BCUT2D eigenvalue weighted by Gasteiger charge is -2.27. The first-order valence-corrected chi connectivity index (χ1v) is 8.12. The van der Waals surface area contributed by atoms with Crippen LogP contribution in [0.1, 0.15) is 44.2 Å². The summed E-state index contributed by atoms with van der Waals surface area (Å²) >= 11 is 6.03. The second-order valence-electron chi connectivity index (χ2n) is 6.44. The molecule has 5 heteroatoms. The van der Waals surface area contributed by atoms with Crippen molar-refractivity contribution in [1.29, 1.82) is 0 Å². The topological polar surface area (TPSA) is 46.2 Å². The third-order valence-corrected chi connectivity index (χ3v) is 5.29. The van der Waals surface area contributed by atoms with Crippen molar-refractivity contribution in [1.82, 2.24) is 5.32 Å². The van der Waals surface area contributed by atoms with Gasteiger partial charge in [0.15, 0.2) is 0 Å². The lowest BCUT2D eigenvalue weighted by molar-refractivity contribution is -0.132. The molecule has 1 aromatic rings. The van der Waals surface area contributed by atoms with Gasteiger partial charge in [-0.25, -0.2) is 4.39 Å². The van der Waals surface area contributed by atoms with Crippen LogP contribution < -0.4 is 5.32 Å². The Morgan fingerprint density at radius 3 is 2.55 bits per heavy atom. The van der Waals surface area contributed by atoms with Crippen molar-refractivity contribution in [2.75, 3.05) is 0 Å². The molecule has 118 valence electrons. The molecule has 0 radical (unpaired) electrons. The molecule has 22 heavy (non-hydrogen) atoms. The quantitative estimate of drug-likeness (QED) is 0.922. The van der Waals surface area contributed by atoms with Crippen LogP contribution in [0.15, 0.2) is 18.2 Å². The molecule has 0 aliphatic heterocycles. The summed E-state index contributed by atoms with van der Waals surface area (Å²) in [6.45, 7) is 1.83. The van der Waals surface area contributed by atoms with E-state index < -0.39 is 5.82 Å². The Kier molecular flexibility index (Phi) is 4.22. The molecule has 0 heterocycles. The van der Waals surface area contributed by atoms with E-state index in [2.05, 4.69) is 5.32 Å². The molecule has 2 saturated carbocycles. The van der Waals surface area contributed by atoms with Gasteiger partial charge in [0.2, 0.25) is 5.91 Å². The van der Waals surface area contributed by atoms with Crippen molar-refractivity contribution in [3.63, 3.8) is 0 Å². The molecule has 2 fully saturated rings. The van der Waals surface area contributed by atoms with E-state index in [1.807, 2.05) is 6.92 Å². The van der Waals surface area contributed by atoms with Crippen LogP contribution in [0, 0.1) is 23.6 Å². The minimum atomic E-state index is -0.394. The number of hydrogen-bond acceptors (Lipinski definition) is 2. The number of fused-ring (bicyclic) bond motifs is 2. The molecule has 2 aliphatic rings. The van der Waals surface area contributed by atoms with Gasteiger partial charge >= 0.3 is 0 Å². The third-order valence-electron chi connectivity index (χ3n) is 4.96. The van der Waals surface area contributed by atoms with E-state index in [0.717, 1.165) is 12.8 Å². The monoisotopic (exact) mass is 323 g/mol. The maximum absolute atomic E-state index is 13.1. The Labute approximate surface area is 134 Å². The molecular weight excluding hydrogens is 305 g/mol. The van der Waals surface area contributed by atoms with Crippen molar-refractivity contribution in [3.8, 4) is 0 Å². The van der Waals surface area contributed by atoms with Crippen molar-refractivity contribution >= 4 is 23.3 Å². The van der Waals surface area contributed by atoms with Gasteiger partial charge < -0.3 is 5.32 Å². The van der Waals surface area contributed by atoms with E-state index in [1.54, 1.807) is 6.07 Å². The van der Waals surface area contributed by atoms with E-state index in [-0.39, 0.29) is 29.7 Å². The molecule has 0 spiro atoms. The Bertz CT molecular complexity index is 603. The summed E-state index contributed by atoms with van der Waals surface area (Å²) in [6.07, 6.45) is 3.16. The molecule has 3 unspecified atom stereocenters. The van der Waals surface area contributed by atoms with Crippen LogP contribution in [-0.4, -0.2) is 11.7 Å². The fourth-order valence-corrected chi connectivity index (χ4v) is 4.08. The molecule has 2 bridgehead atoms. The van der Waals surface area contributed by atoms with Crippen molar-refractivity contribution in [2.24, 2.45) is 17.8 Å². The predicted molar refractivity (Wildman–Crippen MR) is 81.9 cm³/mol. The highest BCUT2D eigenvalue weighted by molar-refractivity contribution is 6.31. The van der Waals surface area contributed by atoms with E-state index in [1.165, 1.54) is 12.1 Å². The Morgan fingerprint density at radius 2 is 1.95 bits per heavy atom. The van der Waals surface area contributed by atoms with Crippen molar-refractivity contribution in [2.45, 2.75) is 38.6 Å². The molecule has 0 aromatic heterocycles. The zero-order chi connectivity index (χ0) is 15.9. The second kappa shape index (κ2) is 5.99. The first-order valence-electron chi connectivity index (χ1n) is 7.74. The van der Waals surface area contributed by atoms with E-state index in [4.69, 9.17) is 11.6 Å². The van der Waals surface area contributed by atoms with Crippen molar-refractivity contribution < 1.29 is 14.0 Å². The fraction of sp³-hybridized carbons (Fsp3) is 0.529. The summed E-state index contributed by atoms with van der Waals surface area (Å²) in [5.41, 5.74) is 0.700. The number of hydrogen-bond donors (Lipinski definition) is 1. The highest BCUT2D eigenvalue weighted by Crippen LogP contribution is 2.42. The maximum Gasteiger partial charge on any atom is 0.223 e. The molecule has 3 atom stereocenters. The summed E-state index contributed by atoms with van der Waals surface area (Å²) in [5, 5.41) is 3.26. The van der Waals surface area contributed by atoms with Crippen LogP contribution in [0.2, 0.25) is 5.02 Å². The van der Waals surface area contributed by atoms with Gasteiger partial charge in [-0.2, -0.15) is 0 Å². The molecule has 3 nitrogen and oxygen atoms in total. The SMILES string of the molecule is CC(NC(=O)C1CC2CCC(C1)C2=O)c1ccc(F)cc1Cl. The van der Waals surface area contributed by atoms with E-state index in [9.17, 15) is 14.0 Å². The summed E-state index contributed by atoms with van der Waals surface area (Å²) in [5.74, 6) is -0.0408. The summed E-state index contributed by atoms with van der Waals surface area (Å²) in [7, 11) is 0. The maximum atomic E-state index is 13.1. The van der Waals surface area contributed by atoms with Gasteiger partial charge in [0, 0.05) is 22.8 Å². The molecule has 3 rings (SSSR count). The standard InChI is InChI=1S/C17H19ClFNO2/c1-9(14-5-4-13(19)8-15(14)18)20-17(22)12-6-10-2-3-11(7-12)16(10)21/h4-5,8-12H,2-3,6-7H2,1H3,(H,20,22). The smallest absolute Gasteiger partial charge is 0.223 e. The number of carbonyl (C=O) groups excluding carboxylic acids is 2. The zero-order valence-corrected chi connectivity index (χ0v) is 13.2. The van der Waals surface area contributed by atoms with Crippen LogP contribution in [0.4, 0.5) is 4.39 Å². The van der Waals surface area contributed by atoms with Crippen LogP contribution in [0.5, 0.6) is 0 Å². The lowest BCUT2D eigenvalue weighted by Crippen LogP contribution is -2.38. The molecule has 1 aromatic carbocycles. The van der Waals surface area contributed by atoms with Gasteiger partial charge in [0.05, 0.1) is 6.04 Å². The minimum Gasteiger partial charge on any atom is -0.349 e. The molecule has 0 saturated heterocycles. The summed E-state index contributed by atoms with van der Waals surface area (Å²) < 4.78 is 13.1. The van der Waals surface area contributed by atoms with Crippen molar-refractivity contribution in [3.05, 3.63) is 34.6 Å². The average Bonchev–Trinajstić information content (AvgIpc) is 2.69. The number of benzene rings is 1. The average molecular weight is 324 g/mol. The van der Waals surface area contributed by atoms with Gasteiger partial charge in [-0.15, -0.1) is 0 Å². The van der Waals surface area contributed by atoms with Gasteiger partial charge in [0.1, 0.15) is 11.6 Å². The largest absolute Gasteiger partial charge is 0.349 e. The zero-order valence-electron chi connectivity index (χ0n) is 12.4. The first kappa shape index (κ1) is 15.5. The Hall–Kier alpha value is -1.42. The molecule has 2 aliphatic carbocycles. The van der Waals surface area contributed by atoms with Crippen LogP contribution in [0.3, 0.4) is 0 Å². The van der Waals surface area contributed by atoms with Crippen LogP contribution in [-0.2, 0) is 9.59 Å². The van der Waals surface area contributed by atoms with Crippen LogP contribution in [0.25, 0.3) is 0 Å². The molecule has 1 N–H and O–H groups in total. The molecule has 1 amide bonds. The Morgan fingerprint density at radius 1 is 1.32 bits per heavy atom. The lowest BCUT2D eigenvalue weighted by atomic mass is 9.79. The number of Topliss-reactive ketones (excluding diaryl/α,β-unsaturated/α-hetero) is 1. The molecular formula is C17H19ClFNO2. The van der Waals surface area contributed by atoms with Gasteiger partial charge in [-0.05, 0) is 50.3 Å². The van der Waals surface area contributed by atoms with Crippen LogP contribution >= 0.6 is 11.6 Å². The third kappa shape index (κ3) is 2.89. The predicted octanol–water partition coefficient (Wildman–Crippen LogP) is 3.66. The number of carbonyl (C=O) groups is 2. The second-order valence-corrected chi connectivity index (χ2v) is 6.85. The normalized spacial score (nSPS) is 28.5. The highest BCUT2D eigenvalue weighted by Gasteiger charge is 2.43. The van der Waals surface area contributed by atoms with E-state index in [0.29, 0.717) is 29.2 Å². The van der Waals surface area contributed by atoms with Gasteiger partial charge in [0.25, 0.3) is 0 Å². The number of ketones is 1. The highest BCUT2D eigenvalue weighted by atomic mass is 35.5. The number of rotatable bonds is 3. The Balaban J connectivity index is 1.65.